The molecule has 2 aromatic heterocycles. The van der Waals surface area contributed by atoms with Crippen LogP contribution < -0.4 is 5.14 Å². The standard InChI is InChI=1S/C19H16ClF3N4O5S/c20-11-6-16-25-18(17-12(21)4-10(5-13(17)22)33(24,30)31)15(27(16)8-14(11)23)3-9-7-26(19(28)29)1-2-32-9/h4-6,8-9H,1-3,7H2,(H,28,29)(H2,24,30,31)/t9-/m0/s1. The molecule has 3 N–H and O–H groups in total. The Balaban J connectivity index is 1.88. The molecule has 1 amide bonds. The summed E-state index contributed by atoms with van der Waals surface area (Å²) in [6, 6.07) is 2.26. The summed E-state index contributed by atoms with van der Waals surface area (Å²) in [6.07, 6.45) is -0.982. The molecule has 1 atom stereocenters. The zero-order valence-electron chi connectivity index (χ0n) is 16.6. The van der Waals surface area contributed by atoms with E-state index in [0.717, 1.165) is 17.2 Å². The first-order valence-electron chi connectivity index (χ1n) is 9.43. The molecule has 4 rings (SSSR count). The molecule has 0 unspecified atom stereocenters. The van der Waals surface area contributed by atoms with Crippen LogP contribution in [0, 0.1) is 17.5 Å². The third kappa shape index (κ3) is 4.49. The SMILES string of the molecule is NS(=O)(=O)c1cc(F)c(-c2nc3cc(Cl)c(F)cn3c2C[C@H]2CN(C(=O)O)CCO2)c(F)c1. The highest BCUT2D eigenvalue weighted by Gasteiger charge is 2.29. The maximum Gasteiger partial charge on any atom is 0.407 e. The summed E-state index contributed by atoms with van der Waals surface area (Å²) in [5, 5.41) is 13.9. The number of rotatable bonds is 4. The van der Waals surface area contributed by atoms with E-state index in [0.29, 0.717) is 12.1 Å². The highest BCUT2D eigenvalue weighted by atomic mass is 35.5. The lowest BCUT2D eigenvalue weighted by molar-refractivity contribution is -0.0214. The number of imidazole rings is 1. The second kappa shape index (κ2) is 8.48. The average Bonchev–Trinajstić information content (AvgIpc) is 3.04. The number of ether oxygens (including phenoxy) is 1. The van der Waals surface area contributed by atoms with Crippen LogP contribution in [0.15, 0.2) is 29.3 Å². The van der Waals surface area contributed by atoms with Crippen LogP contribution in [0.25, 0.3) is 16.9 Å². The number of sulfonamides is 1. The van der Waals surface area contributed by atoms with Crippen LogP contribution >= 0.6 is 11.6 Å². The zero-order chi connectivity index (χ0) is 24.1. The molecule has 1 aliphatic heterocycles. The van der Waals surface area contributed by atoms with Gasteiger partial charge in [-0.05, 0) is 12.1 Å². The molecule has 33 heavy (non-hydrogen) atoms. The van der Waals surface area contributed by atoms with Gasteiger partial charge in [0.1, 0.15) is 17.3 Å². The van der Waals surface area contributed by atoms with Crippen molar-refractivity contribution in [1.82, 2.24) is 14.3 Å². The van der Waals surface area contributed by atoms with Crippen LogP contribution in [0.2, 0.25) is 5.02 Å². The maximum absolute atomic E-state index is 14.9. The van der Waals surface area contributed by atoms with E-state index in [4.69, 9.17) is 21.5 Å². The fourth-order valence-corrected chi connectivity index (χ4v) is 4.34. The molecule has 0 bridgehead atoms. The second-order valence-electron chi connectivity index (χ2n) is 7.34. The number of nitrogens with zero attached hydrogens (tertiary/aromatic N) is 3. The van der Waals surface area contributed by atoms with Crippen molar-refractivity contribution in [3.63, 3.8) is 0 Å². The predicted octanol–water partition coefficient (Wildman–Crippen LogP) is 2.64. The molecule has 176 valence electrons. The summed E-state index contributed by atoms with van der Waals surface area (Å²) in [5.74, 6) is -3.34. The lowest BCUT2D eigenvalue weighted by Gasteiger charge is -2.31. The smallest absolute Gasteiger partial charge is 0.407 e. The van der Waals surface area contributed by atoms with Crippen LogP contribution in [-0.2, 0) is 21.2 Å². The van der Waals surface area contributed by atoms with E-state index in [9.17, 15) is 31.5 Å². The predicted molar refractivity (Wildman–Crippen MR) is 110 cm³/mol. The number of amides is 1. The van der Waals surface area contributed by atoms with E-state index in [1.807, 2.05) is 0 Å². The number of primary sulfonamides is 1. The summed E-state index contributed by atoms with van der Waals surface area (Å²) in [7, 11) is -4.38. The largest absolute Gasteiger partial charge is 0.465 e. The molecule has 14 heteroatoms. The van der Waals surface area contributed by atoms with Crippen molar-refractivity contribution in [2.45, 2.75) is 17.4 Å². The Morgan fingerprint density at radius 3 is 2.52 bits per heavy atom. The van der Waals surface area contributed by atoms with Crippen LogP contribution in [0.1, 0.15) is 5.69 Å². The molecule has 3 heterocycles. The normalized spacial score (nSPS) is 17.0. The fourth-order valence-electron chi connectivity index (χ4n) is 3.66. The number of pyridine rings is 1. The molecule has 1 saturated heterocycles. The van der Waals surface area contributed by atoms with Crippen molar-refractivity contribution in [2.24, 2.45) is 5.14 Å². The van der Waals surface area contributed by atoms with Crippen molar-refractivity contribution < 1.29 is 36.2 Å². The van der Waals surface area contributed by atoms with Crippen LogP contribution in [-0.4, -0.2) is 59.7 Å². The third-order valence-corrected chi connectivity index (χ3v) is 6.36. The minimum absolute atomic E-state index is 0.0343. The lowest BCUT2D eigenvalue weighted by Crippen LogP contribution is -2.45. The lowest BCUT2D eigenvalue weighted by atomic mass is 10.0. The highest BCUT2D eigenvalue weighted by Crippen LogP contribution is 2.33. The maximum atomic E-state index is 14.9. The van der Waals surface area contributed by atoms with Gasteiger partial charge in [-0.3, -0.25) is 0 Å². The number of halogens is 4. The van der Waals surface area contributed by atoms with Gasteiger partial charge in [-0.1, -0.05) is 11.6 Å². The highest BCUT2D eigenvalue weighted by molar-refractivity contribution is 7.89. The Labute approximate surface area is 190 Å². The van der Waals surface area contributed by atoms with Gasteiger partial charge in [-0.2, -0.15) is 0 Å². The number of aromatic nitrogens is 2. The summed E-state index contributed by atoms with van der Waals surface area (Å²) in [5.41, 5.74) is -0.738. The molecule has 1 fully saturated rings. The zero-order valence-corrected chi connectivity index (χ0v) is 18.2. The van der Waals surface area contributed by atoms with Gasteiger partial charge in [0.05, 0.1) is 46.1 Å². The number of morpholine rings is 1. The van der Waals surface area contributed by atoms with Gasteiger partial charge >= 0.3 is 6.09 Å². The number of hydrogen-bond donors (Lipinski definition) is 2. The first kappa shape index (κ1) is 23.3. The molecular weight excluding hydrogens is 489 g/mol. The quantitative estimate of drug-likeness (QED) is 0.562. The Kier molecular flexibility index (Phi) is 5.99. The summed E-state index contributed by atoms with van der Waals surface area (Å²) >= 11 is 5.82. The number of carbonyl (C=O) groups is 1. The first-order valence-corrected chi connectivity index (χ1v) is 11.4. The van der Waals surface area contributed by atoms with Gasteiger partial charge < -0.3 is 19.1 Å². The topological polar surface area (TPSA) is 127 Å². The van der Waals surface area contributed by atoms with Gasteiger partial charge in [0.2, 0.25) is 10.0 Å². The molecule has 9 nitrogen and oxygen atoms in total. The Bertz CT molecular complexity index is 1360. The fraction of sp³-hybridized carbons (Fsp3) is 0.263. The Morgan fingerprint density at radius 2 is 1.91 bits per heavy atom. The van der Waals surface area contributed by atoms with E-state index in [-0.39, 0.29) is 48.2 Å². The monoisotopic (exact) mass is 504 g/mol. The van der Waals surface area contributed by atoms with Gasteiger partial charge in [0.25, 0.3) is 0 Å². The van der Waals surface area contributed by atoms with E-state index < -0.39 is 50.1 Å². The number of carboxylic acid groups (broad SMARTS) is 1. The average molecular weight is 505 g/mol. The van der Waals surface area contributed by atoms with Gasteiger partial charge in [0.15, 0.2) is 5.82 Å². The van der Waals surface area contributed by atoms with E-state index in [2.05, 4.69) is 4.98 Å². The molecule has 0 saturated carbocycles. The van der Waals surface area contributed by atoms with Crippen LogP contribution in [0.5, 0.6) is 0 Å². The van der Waals surface area contributed by atoms with Crippen molar-refractivity contribution >= 4 is 33.4 Å². The van der Waals surface area contributed by atoms with Gasteiger partial charge in [-0.25, -0.2) is 36.5 Å². The van der Waals surface area contributed by atoms with Gasteiger partial charge in [-0.15, -0.1) is 0 Å². The van der Waals surface area contributed by atoms with E-state index in [1.165, 1.54) is 4.40 Å². The van der Waals surface area contributed by atoms with Crippen LogP contribution in [0.3, 0.4) is 0 Å². The third-order valence-electron chi connectivity index (χ3n) is 5.18. The van der Waals surface area contributed by atoms with E-state index >= 15 is 0 Å². The van der Waals surface area contributed by atoms with Crippen molar-refractivity contribution in [3.05, 3.63) is 52.6 Å². The van der Waals surface area contributed by atoms with Crippen molar-refractivity contribution in [3.8, 4) is 11.3 Å². The minimum atomic E-state index is -4.38. The molecule has 1 aromatic carbocycles. The summed E-state index contributed by atoms with van der Waals surface area (Å²) in [4.78, 5) is 15.9. The summed E-state index contributed by atoms with van der Waals surface area (Å²) < 4.78 is 73.9. The Morgan fingerprint density at radius 1 is 1.24 bits per heavy atom. The number of fused-ring (bicyclic) bond motifs is 1. The second-order valence-corrected chi connectivity index (χ2v) is 9.31. The minimum Gasteiger partial charge on any atom is -0.465 e. The van der Waals surface area contributed by atoms with Gasteiger partial charge in [0, 0.05) is 25.2 Å². The van der Waals surface area contributed by atoms with Crippen molar-refractivity contribution in [2.75, 3.05) is 19.7 Å². The number of nitrogens with two attached hydrogens (primary N) is 1. The molecule has 3 aromatic rings. The van der Waals surface area contributed by atoms with E-state index in [1.54, 1.807) is 0 Å². The number of hydrogen-bond acceptors (Lipinski definition) is 5. The molecule has 1 aliphatic rings. The van der Waals surface area contributed by atoms with Crippen molar-refractivity contribution in [1.29, 1.82) is 0 Å². The molecule has 0 aliphatic carbocycles. The molecule has 0 spiro atoms. The summed E-state index contributed by atoms with van der Waals surface area (Å²) in [6.45, 7) is 0.205. The molecule has 0 radical (unpaired) electrons. The number of benzene rings is 1. The Hall–Kier alpha value is -2.87. The first-order chi connectivity index (χ1) is 15.5. The molecular formula is C19H16ClF3N4O5S. The van der Waals surface area contributed by atoms with Crippen LogP contribution in [0.4, 0.5) is 18.0 Å².